The van der Waals surface area contributed by atoms with Crippen LogP contribution in [0.25, 0.3) is 22.6 Å². The number of aromatic amines is 1. The van der Waals surface area contributed by atoms with Crippen LogP contribution in [0.1, 0.15) is 0 Å². The summed E-state index contributed by atoms with van der Waals surface area (Å²) in [6.45, 7) is 0. The van der Waals surface area contributed by atoms with E-state index in [0.717, 1.165) is 6.20 Å². The highest BCUT2D eigenvalue weighted by Gasteiger charge is 2.09. The maximum Gasteiger partial charge on any atom is 0.157 e. The third-order valence-corrected chi connectivity index (χ3v) is 2.43. The minimum atomic E-state index is -0.420. The lowest BCUT2D eigenvalue weighted by atomic mass is 10.3. The molecular weight excluding hydrogens is 224 g/mol. The third-order valence-electron chi connectivity index (χ3n) is 2.43. The topological polar surface area (TPSA) is 41.6 Å². The summed E-state index contributed by atoms with van der Waals surface area (Å²) in [6, 6.07) is 7.43. The Hall–Kier alpha value is -2.30. The number of hydrogen-bond acceptors (Lipinski definition) is 2. The van der Waals surface area contributed by atoms with Crippen LogP contribution in [-0.2, 0) is 0 Å². The van der Waals surface area contributed by atoms with Crippen LogP contribution in [0.2, 0.25) is 0 Å². The molecule has 0 amide bonds. The second kappa shape index (κ2) is 3.62. The van der Waals surface area contributed by atoms with Gasteiger partial charge in [0.1, 0.15) is 17.0 Å². The molecule has 0 unspecified atom stereocenters. The number of halogens is 2. The minimum absolute atomic E-state index is 0.258. The van der Waals surface area contributed by atoms with Gasteiger partial charge in [-0.1, -0.05) is 6.07 Å². The number of para-hydroxylation sites is 1. The Balaban J connectivity index is 2.18. The van der Waals surface area contributed by atoms with Crippen LogP contribution < -0.4 is 0 Å². The molecule has 2 aromatic heterocycles. The Morgan fingerprint density at radius 1 is 1.06 bits per heavy atom. The summed E-state index contributed by atoms with van der Waals surface area (Å²) in [6.07, 6.45) is 1.10. The van der Waals surface area contributed by atoms with Crippen molar-refractivity contribution in [1.82, 2.24) is 15.0 Å². The van der Waals surface area contributed by atoms with Crippen LogP contribution in [0.5, 0.6) is 0 Å². The predicted octanol–water partition coefficient (Wildman–Crippen LogP) is 2.90. The van der Waals surface area contributed by atoms with Crippen LogP contribution in [0.3, 0.4) is 0 Å². The predicted molar refractivity (Wildman–Crippen MR) is 59.2 cm³/mol. The van der Waals surface area contributed by atoms with Gasteiger partial charge in [-0.05, 0) is 24.3 Å². The molecule has 17 heavy (non-hydrogen) atoms. The van der Waals surface area contributed by atoms with E-state index < -0.39 is 11.6 Å². The standard InChI is InChI=1S/C12H7F2N3/c13-7-4-5-10(15-6-7)12-16-9-3-1-2-8(14)11(9)17-12/h1-6H,(H,16,17). The van der Waals surface area contributed by atoms with Crippen molar-refractivity contribution >= 4 is 11.0 Å². The molecule has 3 rings (SSSR count). The van der Waals surface area contributed by atoms with E-state index in [0.29, 0.717) is 17.0 Å². The third kappa shape index (κ3) is 1.65. The minimum Gasteiger partial charge on any atom is -0.337 e. The summed E-state index contributed by atoms with van der Waals surface area (Å²) < 4.78 is 26.1. The molecule has 0 spiro atoms. The number of fused-ring (bicyclic) bond motifs is 1. The molecule has 0 aliphatic rings. The van der Waals surface area contributed by atoms with Crippen molar-refractivity contribution in [3.05, 3.63) is 48.2 Å². The molecule has 0 fully saturated rings. The number of H-pyrrole nitrogens is 1. The number of rotatable bonds is 1. The van der Waals surface area contributed by atoms with Crippen molar-refractivity contribution in [3.8, 4) is 11.5 Å². The Labute approximate surface area is 95.1 Å². The quantitative estimate of drug-likeness (QED) is 0.699. The first-order valence-corrected chi connectivity index (χ1v) is 5.00. The van der Waals surface area contributed by atoms with Gasteiger partial charge >= 0.3 is 0 Å². The summed E-state index contributed by atoms with van der Waals surface area (Å²) >= 11 is 0. The Bertz CT molecular complexity index is 674. The Morgan fingerprint density at radius 2 is 1.94 bits per heavy atom. The zero-order valence-electron chi connectivity index (χ0n) is 8.61. The first kappa shape index (κ1) is 9.89. The van der Waals surface area contributed by atoms with E-state index in [-0.39, 0.29) is 5.52 Å². The van der Waals surface area contributed by atoms with Gasteiger partial charge in [-0.3, -0.25) is 0 Å². The molecule has 84 valence electrons. The Morgan fingerprint density at radius 3 is 2.65 bits per heavy atom. The number of hydrogen-bond donors (Lipinski definition) is 1. The van der Waals surface area contributed by atoms with E-state index in [2.05, 4.69) is 15.0 Å². The number of aromatic nitrogens is 3. The van der Waals surface area contributed by atoms with Gasteiger partial charge in [-0.25, -0.2) is 18.7 Å². The van der Waals surface area contributed by atoms with E-state index in [1.54, 1.807) is 12.1 Å². The largest absolute Gasteiger partial charge is 0.337 e. The molecule has 0 saturated carbocycles. The number of imidazole rings is 1. The van der Waals surface area contributed by atoms with Crippen molar-refractivity contribution in [2.45, 2.75) is 0 Å². The Kier molecular flexibility index (Phi) is 2.11. The molecule has 2 heterocycles. The zero-order valence-corrected chi connectivity index (χ0v) is 8.61. The molecule has 0 aliphatic heterocycles. The average molecular weight is 231 g/mol. The highest BCUT2D eigenvalue weighted by molar-refractivity contribution is 5.79. The fourth-order valence-corrected chi connectivity index (χ4v) is 1.63. The van der Waals surface area contributed by atoms with Crippen LogP contribution in [-0.4, -0.2) is 15.0 Å². The van der Waals surface area contributed by atoms with Crippen LogP contribution >= 0.6 is 0 Å². The van der Waals surface area contributed by atoms with Crippen LogP contribution in [0.4, 0.5) is 8.78 Å². The van der Waals surface area contributed by atoms with Gasteiger partial charge in [0, 0.05) is 0 Å². The van der Waals surface area contributed by atoms with Crippen molar-refractivity contribution < 1.29 is 8.78 Å². The number of nitrogens with zero attached hydrogens (tertiary/aromatic N) is 2. The molecule has 0 aliphatic carbocycles. The lowest BCUT2D eigenvalue weighted by molar-refractivity contribution is 0.621. The second-order valence-electron chi connectivity index (χ2n) is 3.58. The zero-order chi connectivity index (χ0) is 11.8. The molecule has 0 saturated heterocycles. The second-order valence-corrected chi connectivity index (χ2v) is 3.58. The van der Waals surface area contributed by atoms with Gasteiger partial charge in [0.05, 0.1) is 11.7 Å². The van der Waals surface area contributed by atoms with E-state index in [4.69, 9.17) is 0 Å². The van der Waals surface area contributed by atoms with Crippen molar-refractivity contribution in [2.24, 2.45) is 0 Å². The molecule has 3 aromatic rings. The van der Waals surface area contributed by atoms with Crippen molar-refractivity contribution in [3.63, 3.8) is 0 Å². The van der Waals surface area contributed by atoms with Gasteiger partial charge in [0.15, 0.2) is 11.6 Å². The van der Waals surface area contributed by atoms with Gasteiger partial charge in [0.2, 0.25) is 0 Å². The summed E-state index contributed by atoms with van der Waals surface area (Å²) in [5.41, 5.74) is 1.32. The first-order chi connectivity index (χ1) is 8.24. The highest BCUT2D eigenvalue weighted by atomic mass is 19.1. The summed E-state index contributed by atoms with van der Waals surface area (Å²) in [5, 5.41) is 0. The SMILES string of the molecule is Fc1ccc(-c2nc3c(F)cccc3[nH]2)nc1. The monoisotopic (exact) mass is 231 g/mol. The molecule has 0 bridgehead atoms. The number of nitrogens with one attached hydrogen (secondary N) is 1. The molecule has 1 aromatic carbocycles. The molecule has 5 heteroatoms. The molecule has 0 radical (unpaired) electrons. The highest BCUT2D eigenvalue weighted by Crippen LogP contribution is 2.20. The number of pyridine rings is 1. The van der Waals surface area contributed by atoms with E-state index in [9.17, 15) is 8.78 Å². The van der Waals surface area contributed by atoms with Crippen LogP contribution in [0, 0.1) is 11.6 Å². The van der Waals surface area contributed by atoms with Crippen molar-refractivity contribution in [1.29, 1.82) is 0 Å². The maximum absolute atomic E-state index is 13.4. The fraction of sp³-hybridized carbons (Fsp3) is 0. The summed E-state index contributed by atoms with van der Waals surface area (Å²) in [4.78, 5) is 10.9. The molecule has 1 N–H and O–H groups in total. The first-order valence-electron chi connectivity index (χ1n) is 5.00. The van der Waals surface area contributed by atoms with E-state index in [1.807, 2.05) is 0 Å². The van der Waals surface area contributed by atoms with Gasteiger partial charge in [-0.15, -0.1) is 0 Å². The summed E-state index contributed by atoms with van der Waals surface area (Å²) in [7, 11) is 0. The van der Waals surface area contributed by atoms with Crippen LogP contribution in [0.15, 0.2) is 36.5 Å². The molecular formula is C12H7F2N3. The maximum atomic E-state index is 13.4. The lowest BCUT2D eigenvalue weighted by Crippen LogP contribution is -1.86. The normalized spacial score (nSPS) is 10.9. The number of benzene rings is 1. The fourth-order valence-electron chi connectivity index (χ4n) is 1.63. The van der Waals surface area contributed by atoms with Gasteiger partial charge in [-0.2, -0.15) is 0 Å². The lowest BCUT2D eigenvalue weighted by Gasteiger charge is -1.93. The average Bonchev–Trinajstić information content (AvgIpc) is 2.75. The molecule has 3 nitrogen and oxygen atoms in total. The molecule has 0 atom stereocenters. The van der Waals surface area contributed by atoms with Gasteiger partial charge in [0.25, 0.3) is 0 Å². The van der Waals surface area contributed by atoms with E-state index >= 15 is 0 Å². The smallest absolute Gasteiger partial charge is 0.157 e. The van der Waals surface area contributed by atoms with Crippen molar-refractivity contribution in [2.75, 3.05) is 0 Å². The van der Waals surface area contributed by atoms with E-state index in [1.165, 1.54) is 18.2 Å². The van der Waals surface area contributed by atoms with Gasteiger partial charge < -0.3 is 4.98 Å². The summed E-state index contributed by atoms with van der Waals surface area (Å²) in [5.74, 6) is -0.395.